The highest BCUT2D eigenvalue weighted by atomic mass is 19.4. The maximum atomic E-state index is 14.1. The Morgan fingerprint density at radius 1 is 0.875 bits per heavy atom. The number of rotatable bonds is 5. The molecular weight excluding hydrogens is 415 g/mol. The van der Waals surface area contributed by atoms with E-state index in [1.54, 1.807) is 78.9 Å². The monoisotopic (exact) mass is 435 g/mol. The van der Waals surface area contributed by atoms with E-state index in [0.29, 0.717) is 29.1 Å². The average molecular weight is 435 g/mol. The molecular formula is C25H20F3N3O. The highest BCUT2D eigenvalue weighted by molar-refractivity contribution is 5.84. The molecule has 0 aliphatic rings. The second kappa shape index (κ2) is 8.70. The van der Waals surface area contributed by atoms with Crippen LogP contribution in [0.25, 0.3) is 28.1 Å². The third-order valence-electron chi connectivity index (χ3n) is 4.99. The summed E-state index contributed by atoms with van der Waals surface area (Å²) < 4.78 is 43.7. The highest BCUT2D eigenvalue weighted by Gasteiger charge is 2.40. The van der Waals surface area contributed by atoms with Gasteiger partial charge in [0.25, 0.3) is 0 Å². The third-order valence-corrected chi connectivity index (χ3v) is 4.99. The predicted octanol–water partition coefficient (Wildman–Crippen LogP) is 5.86. The molecule has 1 amide bonds. The highest BCUT2D eigenvalue weighted by Crippen LogP contribution is 2.43. The maximum Gasteiger partial charge on any atom is 0.435 e. The second-order valence-corrected chi connectivity index (χ2v) is 7.29. The lowest BCUT2D eigenvalue weighted by atomic mass is 9.97. The van der Waals surface area contributed by atoms with Gasteiger partial charge in [-0.2, -0.15) is 18.3 Å². The maximum absolute atomic E-state index is 14.1. The number of carbonyl (C=O) groups is 1. The summed E-state index contributed by atoms with van der Waals surface area (Å²) >= 11 is 0. The molecule has 3 aromatic carbocycles. The van der Waals surface area contributed by atoms with E-state index in [1.165, 1.54) is 11.6 Å². The number of halogens is 3. The number of aromatic nitrogens is 2. The molecule has 4 nitrogen and oxygen atoms in total. The second-order valence-electron chi connectivity index (χ2n) is 7.29. The Hall–Kier alpha value is -3.87. The number of nitrogens with zero attached hydrogens (tertiary/aromatic N) is 2. The van der Waals surface area contributed by atoms with Gasteiger partial charge in [-0.25, -0.2) is 4.68 Å². The van der Waals surface area contributed by atoms with Crippen LogP contribution in [0.3, 0.4) is 0 Å². The molecule has 4 aromatic rings. The van der Waals surface area contributed by atoms with Crippen LogP contribution in [0.1, 0.15) is 18.2 Å². The van der Waals surface area contributed by atoms with Crippen LogP contribution < -0.4 is 5.32 Å². The molecule has 162 valence electrons. The zero-order valence-electron chi connectivity index (χ0n) is 17.2. The lowest BCUT2D eigenvalue weighted by Crippen LogP contribution is -2.18. The number of benzene rings is 3. The Balaban J connectivity index is 1.94. The fraction of sp³-hybridized carbons (Fsp3) is 0.120. The first-order valence-electron chi connectivity index (χ1n) is 9.99. The molecule has 1 heterocycles. The molecule has 0 fully saturated rings. The van der Waals surface area contributed by atoms with Gasteiger partial charge in [-0.15, -0.1) is 0 Å². The van der Waals surface area contributed by atoms with Crippen molar-refractivity contribution in [3.05, 3.63) is 96.2 Å². The summed E-state index contributed by atoms with van der Waals surface area (Å²) in [7, 11) is 0. The Bertz CT molecular complexity index is 1220. The lowest BCUT2D eigenvalue weighted by Gasteiger charge is -2.12. The molecule has 0 atom stereocenters. The SMILES string of the molecule is CC(=O)NCc1ccc(-c2c(C(F)(F)F)nn(-c3ccccc3)c2-c2ccccc2)cc1. The molecule has 1 N–H and O–H groups in total. The van der Waals surface area contributed by atoms with Crippen LogP contribution in [0.2, 0.25) is 0 Å². The van der Waals surface area contributed by atoms with E-state index in [1.807, 2.05) is 6.07 Å². The molecule has 32 heavy (non-hydrogen) atoms. The van der Waals surface area contributed by atoms with E-state index in [-0.39, 0.29) is 11.5 Å². The van der Waals surface area contributed by atoms with Gasteiger partial charge in [0.15, 0.2) is 5.69 Å². The van der Waals surface area contributed by atoms with Crippen molar-refractivity contribution < 1.29 is 18.0 Å². The minimum absolute atomic E-state index is 0.0126. The summed E-state index contributed by atoms with van der Waals surface area (Å²) in [5, 5.41) is 6.71. The molecule has 0 bridgehead atoms. The Morgan fingerprint density at radius 2 is 1.47 bits per heavy atom. The van der Waals surface area contributed by atoms with Crippen LogP contribution in [0.4, 0.5) is 13.2 Å². The van der Waals surface area contributed by atoms with E-state index < -0.39 is 11.9 Å². The predicted molar refractivity (Wildman–Crippen MR) is 117 cm³/mol. The quantitative estimate of drug-likeness (QED) is 0.427. The molecule has 0 saturated heterocycles. The van der Waals surface area contributed by atoms with Crippen molar-refractivity contribution >= 4 is 5.91 Å². The molecule has 0 aliphatic heterocycles. The van der Waals surface area contributed by atoms with Crippen LogP contribution in [-0.4, -0.2) is 15.7 Å². The summed E-state index contributed by atoms with van der Waals surface area (Å²) in [6.07, 6.45) is -4.65. The van der Waals surface area contributed by atoms with Gasteiger partial charge >= 0.3 is 6.18 Å². The summed E-state index contributed by atoms with van der Waals surface area (Å²) in [6, 6.07) is 24.4. The van der Waals surface area contributed by atoms with Gasteiger partial charge in [-0.05, 0) is 23.3 Å². The topological polar surface area (TPSA) is 46.9 Å². The number of carbonyl (C=O) groups excluding carboxylic acids is 1. The minimum atomic E-state index is -4.65. The Labute approximate surface area is 183 Å². The Kier molecular flexibility index (Phi) is 5.81. The summed E-state index contributed by atoms with van der Waals surface area (Å²) in [5.41, 5.74) is 1.76. The fourth-order valence-electron chi connectivity index (χ4n) is 3.52. The van der Waals surface area contributed by atoms with Crippen LogP contribution in [0, 0.1) is 0 Å². The van der Waals surface area contributed by atoms with Crippen molar-refractivity contribution in [3.63, 3.8) is 0 Å². The molecule has 0 aliphatic carbocycles. The first kappa shape index (κ1) is 21.4. The molecule has 4 rings (SSSR count). The summed E-state index contributed by atoms with van der Waals surface area (Å²) in [4.78, 5) is 11.2. The van der Waals surface area contributed by atoms with Crippen LogP contribution in [0.15, 0.2) is 84.9 Å². The zero-order chi connectivity index (χ0) is 22.7. The fourth-order valence-corrected chi connectivity index (χ4v) is 3.52. The first-order chi connectivity index (χ1) is 15.3. The normalized spacial score (nSPS) is 11.4. The van der Waals surface area contributed by atoms with E-state index >= 15 is 0 Å². The third kappa shape index (κ3) is 4.42. The van der Waals surface area contributed by atoms with Gasteiger partial charge in [-0.3, -0.25) is 4.79 Å². The van der Waals surface area contributed by atoms with Crippen molar-refractivity contribution in [2.75, 3.05) is 0 Å². The summed E-state index contributed by atoms with van der Waals surface area (Å²) in [6.45, 7) is 1.71. The van der Waals surface area contributed by atoms with Crippen LogP contribution >= 0.6 is 0 Å². The van der Waals surface area contributed by atoms with E-state index in [2.05, 4.69) is 10.4 Å². The van der Waals surface area contributed by atoms with E-state index in [4.69, 9.17) is 0 Å². The van der Waals surface area contributed by atoms with E-state index in [9.17, 15) is 18.0 Å². The average Bonchev–Trinajstić information content (AvgIpc) is 3.20. The molecule has 0 unspecified atom stereocenters. The first-order valence-corrected chi connectivity index (χ1v) is 9.99. The number of para-hydroxylation sites is 1. The minimum Gasteiger partial charge on any atom is -0.352 e. The van der Waals surface area contributed by atoms with Crippen LogP contribution in [0.5, 0.6) is 0 Å². The van der Waals surface area contributed by atoms with Gasteiger partial charge in [0.2, 0.25) is 5.91 Å². The summed E-state index contributed by atoms with van der Waals surface area (Å²) in [5.74, 6) is -0.177. The number of hydrogen-bond acceptors (Lipinski definition) is 2. The van der Waals surface area contributed by atoms with E-state index in [0.717, 1.165) is 5.56 Å². The Morgan fingerprint density at radius 3 is 2.03 bits per heavy atom. The van der Waals surface area contributed by atoms with Crippen molar-refractivity contribution in [1.29, 1.82) is 0 Å². The molecule has 7 heteroatoms. The van der Waals surface area contributed by atoms with Gasteiger partial charge < -0.3 is 5.32 Å². The standard InChI is InChI=1S/C25H20F3N3O/c1-17(32)29-16-18-12-14-19(15-13-18)22-23(20-8-4-2-5-9-20)31(21-10-6-3-7-11-21)30-24(22)25(26,27)28/h2-15H,16H2,1H3,(H,29,32). The van der Waals surface area contributed by atoms with Crippen molar-refractivity contribution in [3.8, 4) is 28.1 Å². The van der Waals surface area contributed by atoms with Gasteiger partial charge in [-0.1, -0.05) is 72.8 Å². The van der Waals surface area contributed by atoms with Crippen molar-refractivity contribution in [2.24, 2.45) is 0 Å². The van der Waals surface area contributed by atoms with Crippen molar-refractivity contribution in [1.82, 2.24) is 15.1 Å². The van der Waals surface area contributed by atoms with Gasteiger partial charge in [0.1, 0.15) is 0 Å². The lowest BCUT2D eigenvalue weighted by molar-refractivity contribution is -0.140. The number of amides is 1. The smallest absolute Gasteiger partial charge is 0.352 e. The zero-order valence-corrected chi connectivity index (χ0v) is 17.2. The van der Waals surface area contributed by atoms with Gasteiger partial charge in [0, 0.05) is 24.6 Å². The largest absolute Gasteiger partial charge is 0.435 e. The molecule has 0 spiro atoms. The number of nitrogens with one attached hydrogen (secondary N) is 1. The molecule has 1 aromatic heterocycles. The van der Waals surface area contributed by atoms with Gasteiger partial charge in [0.05, 0.1) is 11.4 Å². The molecule has 0 saturated carbocycles. The number of alkyl halides is 3. The van der Waals surface area contributed by atoms with Crippen molar-refractivity contribution in [2.45, 2.75) is 19.6 Å². The molecule has 0 radical (unpaired) electrons. The number of hydrogen-bond donors (Lipinski definition) is 1. The van der Waals surface area contributed by atoms with Crippen LogP contribution in [-0.2, 0) is 17.5 Å².